The average molecular weight is 296 g/mol. The zero-order chi connectivity index (χ0) is 15.3. The van der Waals surface area contributed by atoms with Gasteiger partial charge in [-0.2, -0.15) is 0 Å². The lowest BCUT2D eigenvalue weighted by Crippen LogP contribution is -2.47. The maximum absolute atomic E-state index is 6.85. The Kier molecular flexibility index (Phi) is 6.14. The van der Waals surface area contributed by atoms with Crippen LogP contribution in [0.4, 0.5) is 0 Å². The van der Waals surface area contributed by atoms with Crippen molar-refractivity contribution in [3.63, 3.8) is 0 Å². The summed E-state index contributed by atoms with van der Waals surface area (Å²) in [6.07, 6.45) is 12.3. The van der Waals surface area contributed by atoms with Gasteiger partial charge in [0.2, 0.25) is 0 Å². The Labute approximate surface area is 132 Å². The summed E-state index contributed by atoms with van der Waals surface area (Å²) in [5.41, 5.74) is 0.566. The fourth-order valence-electron chi connectivity index (χ4n) is 4.76. The van der Waals surface area contributed by atoms with Gasteiger partial charge >= 0.3 is 0 Å². The van der Waals surface area contributed by atoms with Crippen LogP contribution in [0.15, 0.2) is 0 Å². The minimum absolute atomic E-state index is 0.115. The summed E-state index contributed by atoms with van der Waals surface area (Å²) in [6, 6.07) is 0. The van der Waals surface area contributed by atoms with Gasteiger partial charge in [-0.3, -0.25) is 0 Å². The summed E-state index contributed by atoms with van der Waals surface area (Å²) >= 11 is 0. The van der Waals surface area contributed by atoms with E-state index >= 15 is 0 Å². The molecule has 0 radical (unpaired) electrons. The lowest BCUT2D eigenvalue weighted by Gasteiger charge is -2.44. The summed E-state index contributed by atoms with van der Waals surface area (Å²) in [4.78, 5) is 0. The fourth-order valence-corrected chi connectivity index (χ4v) is 4.76. The number of hydrogen-bond donors (Lipinski definition) is 1. The molecule has 0 heterocycles. The predicted octanol–water partition coefficient (Wildman–Crippen LogP) is 4.92. The molecule has 2 atom stereocenters. The molecule has 0 aliphatic heterocycles. The normalized spacial score (nSPS) is 32.6. The van der Waals surface area contributed by atoms with Crippen LogP contribution in [0.2, 0.25) is 0 Å². The highest BCUT2D eigenvalue weighted by Gasteiger charge is 2.39. The molecule has 2 saturated carbocycles. The Balaban J connectivity index is 2.03. The maximum atomic E-state index is 6.85. The molecule has 0 aromatic carbocycles. The molecular formula is C19H37NO. The van der Waals surface area contributed by atoms with Gasteiger partial charge in [-0.25, -0.2) is 0 Å². The smallest absolute Gasteiger partial charge is 0.0810 e. The van der Waals surface area contributed by atoms with Gasteiger partial charge in [0.05, 0.1) is 11.7 Å². The van der Waals surface area contributed by atoms with Crippen LogP contribution in [-0.4, -0.2) is 24.8 Å². The van der Waals surface area contributed by atoms with Gasteiger partial charge in [-0.05, 0) is 50.0 Å². The largest absolute Gasteiger partial charge is 0.370 e. The van der Waals surface area contributed by atoms with Crippen molar-refractivity contribution in [2.45, 2.75) is 97.2 Å². The van der Waals surface area contributed by atoms with Crippen molar-refractivity contribution in [1.29, 1.82) is 0 Å². The van der Waals surface area contributed by atoms with Crippen molar-refractivity contribution in [1.82, 2.24) is 5.32 Å². The standard InChI is InChI=1S/C19H37NO/c1-5-20-15-19(10-8-6-7-9-11-19)21-17-12-16(2)13-18(3,4)14-17/h16-17,20H,5-15H2,1-4H3. The van der Waals surface area contributed by atoms with E-state index in [0.717, 1.165) is 19.0 Å². The van der Waals surface area contributed by atoms with E-state index in [0.29, 0.717) is 11.5 Å². The van der Waals surface area contributed by atoms with Crippen LogP contribution >= 0.6 is 0 Å². The molecule has 2 fully saturated rings. The van der Waals surface area contributed by atoms with Crippen LogP contribution < -0.4 is 5.32 Å². The van der Waals surface area contributed by atoms with Crippen molar-refractivity contribution in [2.75, 3.05) is 13.1 Å². The Morgan fingerprint density at radius 2 is 1.71 bits per heavy atom. The van der Waals surface area contributed by atoms with Gasteiger partial charge in [0.15, 0.2) is 0 Å². The highest BCUT2D eigenvalue weighted by Crippen LogP contribution is 2.42. The Bertz CT molecular complexity index is 305. The topological polar surface area (TPSA) is 21.3 Å². The van der Waals surface area contributed by atoms with Gasteiger partial charge in [0.1, 0.15) is 0 Å². The second kappa shape index (κ2) is 7.46. The number of hydrogen-bond acceptors (Lipinski definition) is 2. The summed E-state index contributed by atoms with van der Waals surface area (Å²) < 4.78 is 6.85. The van der Waals surface area contributed by atoms with Gasteiger partial charge in [-0.1, -0.05) is 53.4 Å². The van der Waals surface area contributed by atoms with Crippen LogP contribution in [0.3, 0.4) is 0 Å². The van der Waals surface area contributed by atoms with Crippen LogP contribution in [-0.2, 0) is 4.74 Å². The molecule has 1 N–H and O–H groups in total. The van der Waals surface area contributed by atoms with Crippen LogP contribution in [0, 0.1) is 11.3 Å². The van der Waals surface area contributed by atoms with Gasteiger partial charge in [-0.15, -0.1) is 0 Å². The third kappa shape index (κ3) is 5.25. The van der Waals surface area contributed by atoms with E-state index in [9.17, 15) is 0 Å². The third-order valence-electron chi connectivity index (χ3n) is 5.48. The number of nitrogens with one attached hydrogen (secondary N) is 1. The Morgan fingerprint density at radius 3 is 2.29 bits per heavy atom. The zero-order valence-corrected chi connectivity index (χ0v) is 14.8. The molecule has 2 rings (SSSR count). The van der Waals surface area contributed by atoms with E-state index in [-0.39, 0.29) is 5.60 Å². The molecule has 0 amide bonds. The van der Waals surface area contributed by atoms with Gasteiger partial charge < -0.3 is 10.1 Å². The second-order valence-corrected chi connectivity index (χ2v) is 8.53. The van der Waals surface area contributed by atoms with E-state index < -0.39 is 0 Å². The van der Waals surface area contributed by atoms with Gasteiger partial charge in [0.25, 0.3) is 0 Å². The van der Waals surface area contributed by atoms with Gasteiger partial charge in [0, 0.05) is 6.54 Å². The molecule has 21 heavy (non-hydrogen) atoms. The molecule has 2 aliphatic rings. The van der Waals surface area contributed by atoms with Crippen molar-refractivity contribution in [3.05, 3.63) is 0 Å². The molecule has 124 valence electrons. The lowest BCUT2D eigenvalue weighted by atomic mass is 9.71. The number of ether oxygens (including phenoxy) is 1. The lowest BCUT2D eigenvalue weighted by molar-refractivity contribution is -0.132. The predicted molar refractivity (Wildman–Crippen MR) is 90.6 cm³/mol. The van der Waals surface area contributed by atoms with E-state index in [1.165, 1.54) is 57.8 Å². The molecule has 2 nitrogen and oxygen atoms in total. The van der Waals surface area contributed by atoms with Crippen molar-refractivity contribution in [3.8, 4) is 0 Å². The van der Waals surface area contributed by atoms with Crippen molar-refractivity contribution < 1.29 is 4.74 Å². The Hall–Kier alpha value is -0.0800. The van der Waals surface area contributed by atoms with Crippen molar-refractivity contribution in [2.24, 2.45) is 11.3 Å². The second-order valence-electron chi connectivity index (χ2n) is 8.53. The summed E-state index contributed by atoms with van der Waals surface area (Å²) in [5.74, 6) is 0.806. The molecule has 0 bridgehead atoms. The zero-order valence-electron chi connectivity index (χ0n) is 14.8. The maximum Gasteiger partial charge on any atom is 0.0810 e. The molecule has 0 aromatic heterocycles. The minimum Gasteiger partial charge on any atom is -0.370 e. The van der Waals surface area contributed by atoms with E-state index in [1.807, 2.05) is 0 Å². The quantitative estimate of drug-likeness (QED) is 0.727. The highest BCUT2D eigenvalue weighted by molar-refractivity contribution is 4.90. The fraction of sp³-hybridized carbons (Fsp3) is 1.00. The average Bonchev–Trinajstić information content (AvgIpc) is 2.60. The van der Waals surface area contributed by atoms with Crippen LogP contribution in [0.25, 0.3) is 0 Å². The highest BCUT2D eigenvalue weighted by atomic mass is 16.5. The summed E-state index contributed by atoms with van der Waals surface area (Å²) in [6.45, 7) is 11.6. The number of likely N-dealkylation sites (N-methyl/N-ethyl adjacent to an activating group) is 1. The molecule has 2 unspecified atom stereocenters. The molecule has 0 saturated heterocycles. The monoisotopic (exact) mass is 295 g/mol. The van der Waals surface area contributed by atoms with Crippen molar-refractivity contribution >= 4 is 0 Å². The van der Waals surface area contributed by atoms with Crippen LogP contribution in [0.5, 0.6) is 0 Å². The van der Waals surface area contributed by atoms with E-state index in [4.69, 9.17) is 4.74 Å². The molecule has 2 aliphatic carbocycles. The van der Waals surface area contributed by atoms with E-state index in [2.05, 4.69) is 33.0 Å². The summed E-state index contributed by atoms with van der Waals surface area (Å²) in [7, 11) is 0. The number of rotatable bonds is 5. The van der Waals surface area contributed by atoms with E-state index in [1.54, 1.807) is 0 Å². The first-order chi connectivity index (χ1) is 9.95. The first-order valence-electron chi connectivity index (χ1n) is 9.33. The third-order valence-corrected chi connectivity index (χ3v) is 5.48. The molecular weight excluding hydrogens is 258 g/mol. The molecule has 0 aromatic rings. The molecule has 2 heteroatoms. The van der Waals surface area contributed by atoms with Crippen LogP contribution in [0.1, 0.15) is 85.5 Å². The first-order valence-corrected chi connectivity index (χ1v) is 9.33. The SMILES string of the molecule is CCNCC1(OC2CC(C)CC(C)(C)C2)CCCCCC1. The molecule has 0 spiro atoms. The minimum atomic E-state index is 0.115. The summed E-state index contributed by atoms with van der Waals surface area (Å²) in [5, 5.41) is 3.58. The first kappa shape index (κ1) is 17.3. The Morgan fingerprint density at radius 1 is 1.05 bits per heavy atom.